The van der Waals surface area contributed by atoms with Crippen molar-refractivity contribution in [2.45, 2.75) is 32.3 Å². The number of amides is 1. The van der Waals surface area contributed by atoms with Crippen LogP contribution in [-0.4, -0.2) is 35.6 Å². The summed E-state index contributed by atoms with van der Waals surface area (Å²) in [5.74, 6) is -0.711. The SMILES string of the molecule is O=C(COc1c(F)cccc1CO)N1CCCCCC1. The molecule has 1 aromatic rings. The van der Waals surface area contributed by atoms with Gasteiger partial charge in [0.05, 0.1) is 6.61 Å². The van der Waals surface area contributed by atoms with Gasteiger partial charge in [-0.15, -0.1) is 0 Å². The minimum atomic E-state index is -0.555. The first-order valence-electron chi connectivity index (χ1n) is 7.01. The highest BCUT2D eigenvalue weighted by molar-refractivity contribution is 5.77. The number of benzene rings is 1. The molecule has 0 bridgehead atoms. The van der Waals surface area contributed by atoms with E-state index >= 15 is 0 Å². The maximum Gasteiger partial charge on any atom is 0.260 e. The first-order chi connectivity index (χ1) is 9.72. The van der Waals surface area contributed by atoms with Gasteiger partial charge in [0, 0.05) is 18.7 Å². The Labute approximate surface area is 118 Å². The molecule has 1 saturated heterocycles. The second-order valence-corrected chi connectivity index (χ2v) is 4.97. The molecule has 0 aromatic heterocycles. The highest BCUT2D eigenvalue weighted by atomic mass is 19.1. The number of aliphatic hydroxyl groups excluding tert-OH is 1. The van der Waals surface area contributed by atoms with Crippen molar-refractivity contribution in [2.24, 2.45) is 0 Å². The van der Waals surface area contributed by atoms with E-state index in [4.69, 9.17) is 9.84 Å². The lowest BCUT2D eigenvalue weighted by Gasteiger charge is -2.20. The summed E-state index contributed by atoms with van der Waals surface area (Å²) < 4.78 is 18.9. The van der Waals surface area contributed by atoms with E-state index in [2.05, 4.69) is 0 Å². The first-order valence-corrected chi connectivity index (χ1v) is 7.01. The smallest absolute Gasteiger partial charge is 0.260 e. The van der Waals surface area contributed by atoms with Gasteiger partial charge >= 0.3 is 0 Å². The highest BCUT2D eigenvalue weighted by Gasteiger charge is 2.17. The molecule has 1 amide bonds. The molecule has 0 saturated carbocycles. The van der Waals surface area contributed by atoms with Gasteiger partial charge in [-0.1, -0.05) is 25.0 Å². The van der Waals surface area contributed by atoms with Gasteiger partial charge in [-0.05, 0) is 18.9 Å². The maximum absolute atomic E-state index is 13.6. The van der Waals surface area contributed by atoms with Crippen LogP contribution in [0.4, 0.5) is 4.39 Å². The number of halogens is 1. The number of para-hydroxylation sites is 1. The van der Waals surface area contributed by atoms with Crippen LogP contribution < -0.4 is 4.74 Å². The molecule has 1 heterocycles. The molecule has 1 N–H and O–H groups in total. The summed E-state index contributed by atoms with van der Waals surface area (Å²) in [7, 11) is 0. The zero-order valence-electron chi connectivity index (χ0n) is 11.5. The maximum atomic E-state index is 13.6. The fraction of sp³-hybridized carbons (Fsp3) is 0.533. The Balaban J connectivity index is 1.96. The molecule has 20 heavy (non-hydrogen) atoms. The molecule has 4 nitrogen and oxygen atoms in total. The Morgan fingerprint density at radius 3 is 2.60 bits per heavy atom. The lowest BCUT2D eigenvalue weighted by molar-refractivity contribution is -0.133. The van der Waals surface area contributed by atoms with Crippen molar-refractivity contribution >= 4 is 5.91 Å². The van der Waals surface area contributed by atoms with Crippen LogP contribution in [-0.2, 0) is 11.4 Å². The van der Waals surface area contributed by atoms with Gasteiger partial charge in [-0.25, -0.2) is 4.39 Å². The topological polar surface area (TPSA) is 49.8 Å². The summed E-state index contributed by atoms with van der Waals surface area (Å²) >= 11 is 0. The fourth-order valence-electron chi connectivity index (χ4n) is 2.38. The third kappa shape index (κ3) is 3.70. The standard InChI is InChI=1S/C15H20FNO3/c16-13-7-5-6-12(10-18)15(13)20-11-14(19)17-8-3-1-2-4-9-17/h5-7,18H,1-4,8-11H2. The minimum absolute atomic E-state index is 0.0295. The number of carbonyl (C=O) groups is 1. The van der Waals surface area contributed by atoms with Gasteiger partial charge in [-0.2, -0.15) is 0 Å². The van der Waals surface area contributed by atoms with Gasteiger partial charge in [0.1, 0.15) is 0 Å². The van der Waals surface area contributed by atoms with Crippen molar-refractivity contribution in [1.82, 2.24) is 4.90 Å². The summed E-state index contributed by atoms with van der Waals surface area (Å²) in [6.07, 6.45) is 4.31. The Morgan fingerprint density at radius 1 is 1.25 bits per heavy atom. The van der Waals surface area contributed by atoms with Crippen molar-refractivity contribution < 1.29 is 19.0 Å². The van der Waals surface area contributed by atoms with E-state index in [1.807, 2.05) is 0 Å². The van der Waals surface area contributed by atoms with Crippen LogP contribution in [0.2, 0.25) is 0 Å². The molecule has 1 aliphatic heterocycles. The number of hydrogen-bond acceptors (Lipinski definition) is 3. The molecule has 0 aliphatic carbocycles. The van der Waals surface area contributed by atoms with Gasteiger partial charge in [0.25, 0.3) is 5.91 Å². The highest BCUT2D eigenvalue weighted by Crippen LogP contribution is 2.22. The Kier molecular flexibility index (Phi) is 5.35. The van der Waals surface area contributed by atoms with Crippen molar-refractivity contribution in [1.29, 1.82) is 0 Å². The Morgan fingerprint density at radius 2 is 1.95 bits per heavy atom. The molecule has 110 valence electrons. The largest absolute Gasteiger partial charge is 0.480 e. The van der Waals surface area contributed by atoms with Crippen molar-refractivity contribution in [3.8, 4) is 5.75 Å². The number of aliphatic hydroxyl groups is 1. The second kappa shape index (κ2) is 7.24. The normalized spacial score (nSPS) is 15.8. The Bertz CT molecular complexity index is 456. The molecule has 0 atom stereocenters. The van der Waals surface area contributed by atoms with E-state index in [0.29, 0.717) is 5.56 Å². The second-order valence-electron chi connectivity index (χ2n) is 4.97. The minimum Gasteiger partial charge on any atom is -0.480 e. The Hall–Kier alpha value is -1.62. The molecule has 0 radical (unpaired) electrons. The van der Waals surface area contributed by atoms with Gasteiger partial charge < -0.3 is 14.7 Å². The van der Waals surface area contributed by atoms with E-state index in [9.17, 15) is 9.18 Å². The van der Waals surface area contributed by atoms with Crippen LogP contribution >= 0.6 is 0 Å². The number of likely N-dealkylation sites (tertiary alicyclic amines) is 1. The predicted octanol–water partition coefficient (Wildman–Crippen LogP) is 2.10. The summed E-state index contributed by atoms with van der Waals surface area (Å²) in [5, 5.41) is 9.15. The summed E-state index contributed by atoms with van der Waals surface area (Å²) in [4.78, 5) is 13.8. The van der Waals surface area contributed by atoms with Crippen LogP contribution in [0.25, 0.3) is 0 Å². The lowest BCUT2D eigenvalue weighted by atomic mass is 10.2. The summed E-state index contributed by atoms with van der Waals surface area (Å²) in [6, 6.07) is 4.34. The summed E-state index contributed by atoms with van der Waals surface area (Å²) in [6.45, 7) is 0.984. The molecule has 0 unspecified atom stereocenters. The number of ether oxygens (including phenoxy) is 1. The van der Waals surface area contributed by atoms with Crippen molar-refractivity contribution in [3.05, 3.63) is 29.6 Å². The number of carbonyl (C=O) groups excluding carboxylic acids is 1. The molecule has 5 heteroatoms. The molecule has 1 aliphatic rings. The summed E-state index contributed by atoms with van der Waals surface area (Å²) in [5.41, 5.74) is 0.355. The number of hydrogen-bond donors (Lipinski definition) is 1. The molecule has 1 fully saturated rings. The van der Waals surface area contributed by atoms with Crippen LogP contribution in [0, 0.1) is 5.82 Å². The lowest BCUT2D eigenvalue weighted by Crippen LogP contribution is -2.35. The van der Waals surface area contributed by atoms with E-state index < -0.39 is 5.82 Å². The molecule has 0 spiro atoms. The quantitative estimate of drug-likeness (QED) is 0.919. The predicted molar refractivity (Wildman–Crippen MR) is 72.9 cm³/mol. The van der Waals surface area contributed by atoms with Crippen LogP contribution in [0.3, 0.4) is 0 Å². The molecule has 1 aromatic carbocycles. The third-order valence-electron chi connectivity index (χ3n) is 3.52. The fourth-order valence-corrected chi connectivity index (χ4v) is 2.38. The average molecular weight is 281 g/mol. The van der Waals surface area contributed by atoms with E-state index in [-0.39, 0.29) is 24.9 Å². The van der Waals surface area contributed by atoms with Crippen LogP contribution in [0.1, 0.15) is 31.2 Å². The van der Waals surface area contributed by atoms with Crippen molar-refractivity contribution in [3.63, 3.8) is 0 Å². The first kappa shape index (κ1) is 14.8. The van der Waals surface area contributed by atoms with E-state index in [1.54, 1.807) is 11.0 Å². The molecular formula is C15H20FNO3. The monoisotopic (exact) mass is 281 g/mol. The number of nitrogens with zero attached hydrogens (tertiary/aromatic N) is 1. The van der Waals surface area contributed by atoms with Gasteiger partial charge in [0.2, 0.25) is 0 Å². The van der Waals surface area contributed by atoms with Crippen LogP contribution in [0.5, 0.6) is 5.75 Å². The zero-order chi connectivity index (χ0) is 14.4. The van der Waals surface area contributed by atoms with Crippen molar-refractivity contribution in [2.75, 3.05) is 19.7 Å². The third-order valence-corrected chi connectivity index (χ3v) is 3.52. The van der Waals surface area contributed by atoms with Gasteiger partial charge in [-0.3, -0.25) is 4.79 Å². The average Bonchev–Trinajstić information content (AvgIpc) is 2.74. The van der Waals surface area contributed by atoms with Gasteiger partial charge in [0.15, 0.2) is 18.2 Å². The molecule has 2 rings (SSSR count). The zero-order valence-corrected chi connectivity index (χ0v) is 11.5. The van der Waals surface area contributed by atoms with E-state index in [0.717, 1.165) is 38.8 Å². The molecular weight excluding hydrogens is 261 g/mol. The van der Waals surface area contributed by atoms with E-state index in [1.165, 1.54) is 12.1 Å². The van der Waals surface area contributed by atoms with Crippen LogP contribution in [0.15, 0.2) is 18.2 Å². The number of rotatable bonds is 4.